The van der Waals surface area contributed by atoms with Gasteiger partial charge in [0.2, 0.25) is 0 Å². The minimum absolute atomic E-state index is 0.148. The number of carbonyl (C=O) groups is 1. The Morgan fingerprint density at radius 1 is 0.931 bits per heavy atom. The van der Waals surface area contributed by atoms with Crippen LogP contribution in [0.15, 0.2) is 60.7 Å². The quantitative estimate of drug-likeness (QED) is 0.592. The SMILES string of the molecule is CC[C@H](NC(=O)[C@H](C)Oc1ccc2ccccc2c1)c1ccc(OC)c(OC)c1. The summed E-state index contributed by atoms with van der Waals surface area (Å²) in [6.45, 7) is 3.78. The van der Waals surface area contributed by atoms with Gasteiger partial charge in [-0.05, 0) is 53.9 Å². The summed E-state index contributed by atoms with van der Waals surface area (Å²) in [4.78, 5) is 12.7. The van der Waals surface area contributed by atoms with Gasteiger partial charge < -0.3 is 19.5 Å². The van der Waals surface area contributed by atoms with Crippen molar-refractivity contribution in [3.63, 3.8) is 0 Å². The van der Waals surface area contributed by atoms with Crippen molar-refractivity contribution < 1.29 is 19.0 Å². The summed E-state index contributed by atoms with van der Waals surface area (Å²) in [6, 6.07) is 19.4. The molecule has 5 nitrogen and oxygen atoms in total. The van der Waals surface area contributed by atoms with Crippen molar-refractivity contribution in [1.82, 2.24) is 5.32 Å². The molecule has 0 spiro atoms. The Hall–Kier alpha value is -3.21. The second kappa shape index (κ2) is 9.32. The number of carbonyl (C=O) groups excluding carboxylic acids is 1. The van der Waals surface area contributed by atoms with Crippen LogP contribution in [-0.2, 0) is 4.79 Å². The minimum Gasteiger partial charge on any atom is -0.493 e. The van der Waals surface area contributed by atoms with Gasteiger partial charge in [0.1, 0.15) is 5.75 Å². The fourth-order valence-electron chi connectivity index (χ4n) is 3.28. The highest BCUT2D eigenvalue weighted by atomic mass is 16.5. The van der Waals surface area contributed by atoms with Gasteiger partial charge >= 0.3 is 0 Å². The van der Waals surface area contributed by atoms with Crippen molar-refractivity contribution in [2.24, 2.45) is 0 Å². The van der Waals surface area contributed by atoms with Crippen molar-refractivity contribution in [3.05, 3.63) is 66.2 Å². The Kier molecular flexibility index (Phi) is 6.60. The zero-order valence-corrected chi connectivity index (χ0v) is 17.3. The lowest BCUT2D eigenvalue weighted by molar-refractivity contribution is -0.128. The van der Waals surface area contributed by atoms with Gasteiger partial charge in [-0.2, -0.15) is 0 Å². The molecule has 1 amide bonds. The number of nitrogens with one attached hydrogen (secondary N) is 1. The first-order valence-corrected chi connectivity index (χ1v) is 9.73. The molecular weight excluding hydrogens is 366 g/mol. The molecule has 0 saturated carbocycles. The normalized spacial score (nSPS) is 12.8. The number of benzene rings is 3. The largest absolute Gasteiger partial charge is 0.493 e. The van der Waals surface area contributed by atoms with Gasteiger partial charge in [-0.25, -0.2) is 0 Å². The number of ether oxygens (including phenoxy) is 3. The minimum atomic E-state index is -0.620. The molecule has 1 N–H and O–H groups in total. The maximum atomic E-state index is 12.7. The van der Waals surface area contributed by atoms with Crippen molar-refractivity contribution in [2.75, 3.05) is 14.2 Å². The van der Waals surface area contributed by atoms with Crippen LogP contribution in [0.3, 0.4) is 0 Å². The van der Waals surface area contributed by atoms with E-state index in [9.17, 15) is 4.79 Å². The highest BCUT2D eigenvalue weighted by Gasteiger charge is 2.20. The molecule has 5 heteroatoms. The number of methoxy groups -OCH3 is 2. The number of fused-ring (bicyclic) bond motifs is 1. The first-order valence-electron chi connectivity index (χ1n) is 9.73. The lowest BCUT2D eigenvalue weighted by Gasteiger charge is -2.22. The molecule has 29 heavy (non-hydrogen) atoms. The number of hydrogen-bond acceptors (Lipinski definition) is 4. The molecule has 0 bridgehead atoms. The average Bonchev–Trinajstić information content (AvgIpc) is 2.76. The van der Waals surface area contributed by atoms with Crippen LogP contribution < -0.4 is 19.5 Å². The fourth-order valence-corrected chi connectivity index (χ4v) is 3.28. The molecule has 0 aliphatic heterocycles. The summed E-state index contributed by atoms with van der Waals surface area (Å²) in [5, 5.41) is 5.28. The average molecular weight is 393 g/mol. The molecule has 0 aliphatic carbocycles. The van der Waals surface area contributed by atoms with Gasteiger partial charge in [-0.15, -0.1) is 0 Å². The van der Waals surface area contributed by atoms with E-state index in [1.807, 2.05) is 67.6 Å². The van der Waals surface area contributed by atoms with E-state index in [0.717, 1.165) is 22.8 Å². The van der Waals surface area contributed by atoms with Gasteiger partial charge in [0.25, 0.3) is 5.91 Å². The van der Waals surface area contributed by atoms with Crippen molar-refractivity contribution in [1.29, 1.82) is 0 Å². The highest BCUT2D eigenvalue weighted by molar-refractivity contribution is 5.84. The van der Waals surface area contributed by atoms with E-state index < -0.39 is 6.10 Å². The Morgan fingerprint density at radius 3 is 2.34 bits per heavy atom. The first-order chi connectivity index (χ1) is 14.0. The summed E-state index contributed by atoms with van der Waals surface area (Å²) in [6.07, 6.45) is 0.120. The summed E-state index contributed by atoms with van der Waals surface area (Å²) in [5.74, 6) is 1.80. The summed E-state index contributed by atoms with van der Waals surface area (Å²) < 4.78 is 16.6. The van der Waals surface area contributed by atoms with Gasteiger partial charge in [-0.3, -0.25) is 4.79 Å². The maximum absolute atomic E-state index is 12.7. The van der Waals surface area contributed by atoms with Crippen LogP contribution in [0.25, 0.3) is 10.8 Å². The zero-order chi connectivity index (χ0) is 20.8. The molecule has 3 rings (SSSR count). The van der Waals surface area contributed by atoms with Gasteiger partial charge in [0.05, 0.1) is 20.3 Å². The van der Waals surface area contributed by atoms with Gasteiger partial charge in [-0.1, -0.05) is 43.3 Å². The molecule has 3 aromatic carbocycles. The third-order valence-electron chi connectivity index (χ3n) is 4.94. The lowest BCUT2D eigenvalue weighted by Crippen LogP contribution is -2.38. The number of amides is 1. The molecule has 0 heterocycles. The standard InChI is InChI=1S/C24H27NO4/c1-5-21(19-11-13-22(27-3)23(15-19)28-4)25-24(26)16(2)29-20-12-10-17-8-6-7-9-18(17)14-20/h6-16,21H,5H2,1-4H3,(H,25,26)/t16-,21-/m0/s1. The van der Waals surface area contributed by atoms with Crippen LogP contribution in [0.4, 0.5) is 0 Å². The van der Waals surface area contributed by atoms with Crippen molar-refractivity contribution in [3.8, 4) is 17.2 Å². The summed E-state index contributed by atoms with van der Waals surface area (Å²) >= 11 is 0. The Morgan fingerprint density at radius 2 is 1.66 bits per heavy atom. The zero-order valence-electron chi connectivity index (χ0n) is 17.3. The molecule has 0 aromatic heterocycles. The van der Waals surface area contributed by atoms with Crippen LogP contribution in [0.1, 0.15) is 31.9 Å². The maximum Gasteiger partial charge on any atom is 0.261 e. The third kappa shape index (κ3) is 4.80. The highest BCUT2D eigenvalue weighted by Crippen LogP contribution is 2.31. The molecule has 0 saturated heterocycles. The predicted molar refractivity (Wildman–Crippen MR) is 115 cm³/mol. The first kappa shape index (κ1) is 20.5. The molecule has 2 atom stereocenters. The molecule has 0 aliphatic rings. The van der Waals surface area contributed by atoms with Gasteiger partial charge in [0, 0.05) is 0 Å². The van der Waals surface area contributed by atoms with Crippen LogP contribution in [0.2, 0.25) is 0 Å². The fraction of sp³-hybridized carbons (Fsp3) is 0.292. The Bertz CT molecular complexity index is 986. The molecule has 0 unspecified atom stereocenters. The summed E-state index contributed by atoms with van der Waals surface area (Å²) in [5.41, 5.74) is 0.955. The van der Waals surface area contributed by atoms with Crippen molar-refractivity contribution in [2.45, 2.75) is 32.4 Å². The van der Waals surface area contributed by atoms with E-state index in [1.54, 1.807) is 21.1 Å². The monoisotopic (exact) mass is 393 g/mol. The number of rotatable bonds is 8. The van der Waals surface area contributed by atoms with Crippen LogP contribution in [0, 0.1) is 0 Å². The topological polar surface area (TPSA) is 56.8 Å². The van der Waals surface area contributed by atoms with E-state index in [0.29, 0.717) is 17.2 Å². The Balaban J connectivity index is 1.69. The predicted octanol–water partition coefficient (Wildman–Crippen LogP) is 4.89. The van der Waals surface area contributed by atoms with E-state index in [1.165, 1.54) is 0 Å². The third-order valence-corrected chi connectivity index (χ3v) is 4.94. The molecule has 0 radical (unpaired) electrons. The lowest BCUT2D eigenvalue weighted by atomic mass is 10.0. The van der Waals surface area contributed by atoms with Gasteiger partial charge in [0.15, 0.2) is 17.6 Å². The van der Waals surface area contributed by atoms with Crippen LogP contribution in [0.5, 0.6) is 17.2 Å². The molecule has 0 fully saturated rings. The summed E-state index contributed by atoms with van der Waals surface area (Å²) in [7, 11) is 3.20. The van der Waals surface area contributed by atoms with E-state index in [2.05, 4.69) is 5.32 Å². The smallest absolute Gasteiger partial charge is 0.261 e. The van der Waals surface area contributed by atoms with Crippen LogP contribution in [-0.4, -0.2) is 26.2 Å². The van der Waals surface area contributed by atoms with Crippen molar-refractivity contribution >= 4 is 16.7 Å². The van der Waals surface area contributed by atoms with Crippen LogP contribution >= 0.6 is 0 Å². The molecule has 152 valence electrons. The van der Waals surface area contributed by atoms with E-state index in [4.69, 9.17) is 14.2 Å². The second-order valence-electron chi connectivity index (χ2n) is 6.85. The van der Waals surface area contributed by atoms with E-state index in [-0.39, 0.29) is 11.9 Å². The van der Waals surface area contributed by atoms with E-state index >= 15 is 0 Å². The number of hydrogen-bond donors (Lipinski definition) is 1. The molecular formula is C24H27NO4. The second-order valence-corrected chi connectivity index (χ2v) is 6.85. The molecule has 3 aromatic rings. The Labute approximate surface area is 171 Å².